The molecular weight excluding hydrogens is 395 g/mol. The molecule has 0 spiro atoms. The van der Waals surface area contributed by atoms with E-state index >= 15 is 0 Å². The van der Waals surface area contributed by atoms with Crippen molar-refractivity contribution in [3.05, 3.63) is 35.4 Å². The zero-order chi connectivity index (χ0) is 20.3. The van der Waals surface area contributed by atoms with Crippen molar-refractivity contribution < 1.29 is 26.4 Å². The normalized spacial score (nSPS) is 24.9. The number of primary sulfonamides is 1. The smallest absolute Gasteiger partial charge is 0.323 e. The second kappa shape index (κ2) is 6.35. The molecule has 2 saturated heterocycles. The van der Waals surface area contributed by atoms with Gasteiger partial charge in [-0.05, 0) is 30.4 Å². The molecule has 2 heterocycles. The lowest BCUT2D eigenvalue weighted by Crippen LogP contribution is -2.53. The number of rotatable bonds is 3. The number of sulfonamides is 1. The van der Waals surface area contributed by atoms with E-state index < -0.39 is 26.9 Å². The van der Waals surface area contributed by atoms with Crippen LogP contribution in [0.5, 0.6) is 0 Å². The summed E-state index contributed by atoms with van der Waals surface area (Å²) in [7, 11) is -3.65. The fourth-order valence-electron chi connectivity index (χ4n) is 4.15. The Hall–Kier alpha value is -1.81. The van der Waals surface area contributed by atoms with Crippen LogP contribution in [0.2, 0.25) is 0 Å². The fourth-order valence-corrected chi connectivity index (χ4v) is 4.97. The number of nitrogens with zero attached hydrogens (tertiary/aromatic N) is 2. The average molecular weight is 417 g/mol. The highest BCUT2D eigenvalue weighted by Crippen LogP contribution is 2.58. The van der Waals surface area contributed by atoms with E-state index in [2.05, 4.69) is 0 Å². The number of hydrogen-bond acceptors (Lipinski definition) is 3. The molecule has 1 unspecified atom stereocenters. The minimum atomic E-state index is -4.22. The Balaban J connectivity index is 1.34. The van der Waals surface area contributed by atoms with E-state index in [0.29, 0.717) is 31.6 Å². The number of benzene rings is 1. The monoisotopic (exact) mass is 417 g/mol. The number of urea groups is 1. The van der Waals surface area contributed by atoms with E-state index in [0.717, 1.165) is 5.56 Å². The van der Waals surface area contributed by atoms with E-state index in [-0.39, 0.29) is 31.3 Å². The summed E-state index contributed by atoms with van der Waals surface area (Å²) in [4.78, 5) is 15.6. The predicted molar refractivity (Wildman–Crippen MR) is 96.2 cm³/mol. The fraction of sp³-hybridized carbons (Fsp3) is 0.611. The SMILES string of the molecule is NS(=O)(=O)C1CCN(C(=O)N2CC(c3ccc(C4(C(F)(F)F)CC4)cc3)C2)C1. The van der Waals surface area contributed by atoms with Gasteiger partial charge < -0.3 is 9.80 Å². The number of likely N-dealkylation sites (tertiary alicyclic amines) is 2. The number of carbonyl (C=O) groups excluding carboxylic acids is 1. The molecule has 3 aliphatic rings. The number of halogens is 3. The topological polar surface area (TPSA) is 83.7 Å². The van der Waals surface area contributed by atoms with E-state index in [1.807, 2.05) is 0 Å². The van der Waals surface area contributed by atoms with Crippen LogP contribution in [0.1, 0.15) is 36.3 Å². The van der Waals surface area contributed by atoms with Crippen LogP contribution in [0.4, 0.5) is 18.0 Å². The molecule has 0 radical (unpaired) electrons. The van der Waals surface area contributed by atoms with E-state index in [4.69, 9.17) is 5.14 Å². The minimum Gasteiger partial charge on any atom is -0.323 e. The van der Waals surface area contributed by atoms with Crippen molar-refractivity contribution in [3.8, 4) is 0 Å². The third-order valence-corrected chi connectivity index (χ3v) is 7.57. The Morgan fingerprint density at radius 2 is 1.68 bits per heavy atom. The molecular formula is C18H22F3N3O3S. The minimum absolute atomic E-state index is 0.0793. The Morgan fingerprint density at radius 3 is 2.14 bits per heavy atom. The molecule has 2 amide bonds. The third-order valence-electron chi connectivity index (χ3n) is 6.26. The van der Waals surface area contributed by atoms with Crippen LogP contribution < -0.4 is 5.14 Å². The highest BCUT2D eigenvalue weighted by atomic mass is 32.2. The Bertz CT molecular complexity index is 876. The maximum atomic E-state index is 13.2. The highest BCUT2D eigenvalue weighted by Gasteiger charge is 2.64. The van der Waals surface area contributed by atoms with Crippen molar-refractivity contribution in [1.29, 1.82) is 0 Å². The lowest BCUT2D eigenvalue weighted by molar-refractivity contribution is -0.160. The van der Waals surface area contributed by atoms with Gasteiger partial charge in [-0.25, -0.2) is 18.4 Å². The molecule has 1 atom stereocenters. The Kier molecular flexibility index (Phi) is 4.42. The molecule has 154 valence electrons. The van der Waals surface area contributed by atoms with Crippen molar-refractivity contribution in [2.45, 2.75) is 42.0 Å². The molecule has 3 fully saturated rings. The molecule has 4 rings (SSSR count). The van der Waals surface area contributed by atoms with E-state index in [1.54, 1.807) is 29.2 Å². The van der Waals surface area contributed by atoms with Crippen LogP contribution in [0.3, 0.4) is 0 Å². The van der Waals surface area contributed by atoms with Gasteiger partial charge in [-0.2, -0.15) is 13.2 Å². The molecule has 2 aliphatic heterocycles. The number of hydrogen-bond donors (Lipinski definition) is 1. The van der Waals surface area contributed by atoms with Crippen molar-refractivity contribution in [2.75, 3.05) is 26.2 Å². The summed E-state index contributed by atoms with van der Waals surface area (Å²) < 4.78 is 62.5. The standard InChI is InChI=1S/C18H22F3N3O3S/c19-18(20,21)17(6-7-17)14-3-1-12(2-4-14)13-9-24(10-13)16(25)23-8-5-15(11-23)28(22,26)27/h1-4,13,15H,5-11H2,(H2,22,26,27). The molecule has 0 bridgehead atoms. The lowest BCUT2D eigenvalue weighted by Gasteiger charge is -2.41. The number of alkyl halides is 3. The maximum absolute atomic E-state index is 13.2. The van der Waals surface area contributed by atoms with E-state index in [1.165, 1.54) is 4.90 Å². The summed E-state index contributed by atoms with van der Waals surface area (Å²) in [5.41, 5.74) is -0.459. The molecule has 10 heteroatoms. The van der Waals surface area contributed by atoms with Gasteiger partial charge in [-0.15, -0.1) is 0 Å². The lowest BCUT2D eigenvalue weighted by atomic mass is 9.88. The second-order valence-electron chi connectivity index (χ2n) is 8.03. The number of amides is 2. The Morgan fingerprint density at radius 1 is 1.07 bits per heavy atom. The van der Waals surface area contributed by atoms with E-state index in [9.17, 15) is 26.4 Å². The maximum Gasteiger partial charge on any atom is 0.398 e. The van der Waals surface area contributed by atoms with Gasteiger partial charge in [-0.1, -0.05) is 24.3 Å². The van der Waals surface area contributed by atoms with Gasteiger partial charge in [0.1, 0.15) is 0 Å². The number of nitrogens with two attached hydrogens (primary N) is 1. The van der Waals surface area contributed by atoms with Crippen LogP contribution in [0.15, 0.2) is 24.3 Å². The molecule has 6 nitrogen and oxygen atoms in total. The molecule has 28 heavy (non-hydrogen) atoms. The highest BCUT2D eigenvalue weighted by molar-refractivity contribution is 7.89. The first kappa shape index (κ1) is 19.5. The quantitative estimate of drug-likeness (QED) is 0.818. The van der Waals surface area contributed by atoms with Gasteiger partial charge in [0.15, 0.2) is 0 Å². The first-order valence-corrected chi connectivity index (χ1v) is 10.8. The van der Waals surface area contributed by atoms with Crippen LogP contribution in [-0.2, 0) is 15.4 Å². The zero-order valence-corrected chi connectivity index (χ0v) is 16.0. The van der Waals surface area contributed by atoms with Gasteiger partial charge in [0.2, 0.25) is 10.0 Å². The first-order chi connectivity index (χ1) is 13.0. The molecule has 1 aliphatic carbocycles. The first-order valence-electron chi connectivity index (χ1n) is 9.24. The zero-order valence-electron chi connectivity index (χ0n) is 15.2. The van der Waals surface area contributed by atoms with Gasteiger partial charge in [-0.3, -0.25) is 0 Å². The van der Waals surface area contributed by atoms with Crippen LogP contribution in [-0.4, -0.2) is 61.9 Å². The summed E-state index contributed by atoms with van der Waals surface area (Å²) in [6, 6.07) is 6.34. The van der Waals surface area contributed by atoms with Crippen molar-refractivity contribution in [1.82, 2.24) is 9.80 Å². The molecule has 2 N–H and O–H groups in total. The van der Waals surface area contributed by atoms with Crippen LogP contribution in [0, 0.1) is 0 Å². The summed E-state index contributed by atoms with van der Waals surface area (Å²) in [6.45, 7) is 1.40. The van der Waals surface area contributed by atoms with Crippen LogP contribution >= 0.6 is 0 Å². The summed E-state index contributed by atoms with van der Waals surface area (Å²) >= 11 is 0. The van der Waals surface area contributed by atoms with Crippen molar-refractivity contribution in [2.24, 2.45) is 5.14 Å². The van der Waals surface area contributed by atoms with Gasteiger partial charge in [0, 0.05) is 32.1 Å². The Labute approximate surface area is 161 Å². The van der Waals surface area contributed by atoms with Gasteiger partial charge >= 0.3 is 12.2 Å². The van der Waals surface area contributed by atoms with Crippen molar-refractivity contribution >= 4 is 16.1 Å². The van der Waals surface area contributed by atoms with Gasteiger partial charge in [0.25, 0.3) is 0 Å². The molecule has 0 aromatic heterocycles. The summed E-state index contributed by atoms with van der Waals surface area (Å²) in [5, 5.41) is 4.43. The third kappa shape index (κ3) is 3.26. The molecule has 1 saturated carbocycles. The second-order valence-corrected chi connectivity index (χ2v) is 9.88. The van der Waals surface area contributed by atoms with Crippen LogP contribution in [0.25, 0.3) is 0 Å². The largest absolute Gasteiger partial charge is 0.398 e. The summed E-state index contributed by atoms with van der Waals surface area (Å²) in [6.07, 6.45) is -3.61. The van der Waals surface area contributed by atoms with Gasteiger partial charge in [0.05, 0.1) is 10.7 Å². The van der Waals surface area contributed by atoms with Crippen molar-refractivity contribution in [3.63, 3.8) is 0 Å². The number of carbonyl (C=O) groups is 1. The molecule has 1 aromatic rings. The average Bonchev–Trinajstić information content (AvgIpc) is 3.23. The predicted octanol–water partition coefficient (Wildman–Crippen LogP) is 2.16. The summed E-state index contributed by atoms with van der Waals surface area (Å²) in [5.74, 6) is 0.0793. The molecule has 1 aromatic carbocycles.